The highest BCUT2D eigenvalue weighted by atomic mass is 16.6. The fourth-order valence-electron chi connectivity index (χ4n) is 2.78. The molecule has 0 aromatic heterocycles. The molecule has 1 heterocycles. The molecule has 1 fully saturated rings. The maximum absolute atomic E-state index is 12.4. The lowest BCUT2D eigenvalue weighted by molar-refractivity contribution is -0.152. The number of nitrogens with zero attached hydrogens (tertiary/aromatic N) is 1. The first-order valence-electron chi connectivity index (χ1n) is 7.91. The first-order chi connectivity index (χ1) is 10.6. The molecule has 1 saturated heterocycles. The molecule has 1 aliphatic rings. The number of hydrogen-bond donors (Lipinski definition) is 1. The molecule has 7 heteroatoms. The molecule has 0 aromatic carbocycles. The Morgan fingerprint density at radius 3 is 2.35 bits per heavy atom. The highest BCUT2D eigenvalue weighted by molar-refractivity contribution is 5.88. The van der Waals surface area contributed by atoms with Gasteiger partial charge in [-0.3, -0.25) is 4.79 Å². The first kappa shape index (κ1) is 19.3. The number of carbonyl (C=O) groups is 3. The van der Waals surface area contributed by atoms with E-state index in [-0.39, 0.29) is 24.3 Å². The average Bonchev–Trinajstić information content (AvgIpc) is 2.87. The Morgan fingerprint density at radius 1 is 1.26 bits per heavy atom. The summed E-state index contributed by atoms with van der Waals surface area (Å²) in [6, 6.07) is -0.590. The summed E-state index contributed by atoms with van der Waals surface area (Å²) in [7, 11) is 1.32. The van der Waals surface area contributed by atoms with Crippen molar-refractivity contribution in [3.05, 3.63) is 0 Å². The van der Waals surface area contributed by atoms with Crippen molar-refractivity contribution in [1.29, 1.82) is 0 Å². The second-order valence-corrected chi connectivity index (χ2v) is 7.11. The van der Waals surface area contributed by atoms with Gasteiger partial charge in [0.25, 0.3) is 0 Å². The fraction of sp³-hybridized carbons (Fsp3) is 0.812. The van der Waals surface area contributed by atoms with Gasteiger partial charge in [-0.25, -0.2) is 9.59 Å². The predicted octanol–water partition coefficient (Wildman–Crippen LogP) is 1.56. The maximum atomic E-state index is 12.4. The van der Waals surface area contributed by atoms with Gasteiger partial charge >= 0.3 is 12.1 Å². The molecule has 0 radical (unpaired) electrons. The Balaban J connectivity index is 2.67. The molecule has 0 saturated carbocycles. The third kappa shape index (κ3) is 5.41. The van der Waals surface area contributed by atoms with Gasteiger partial charge in [-0.15, -0.1) is 0 Å². The van der Waals surface area contributed by atoms with Gasteiger partial charge in [0.05, 0.1) is 7.11 Å². The third-order valence-corrected chi connectivity index (χ3v) is 3.85. The van der Waals surface area contributed by atoms with Crippen LogP contribution in [0.4, 0.5) is 4.79 Å². The zero-order chi connectivity index (χ0) is 17.8. The summed E-state index contributed by atoms with van der Waals surface area (Å²) in [6.07, 6.45) is 0.0929. The van der Waals surface area contributed by atoms with Crippen LogP contribution in [0.25, 0.3) is 0 Å². The van der Waals surface area contributed by atoms with Crippen LogP contribution in [0.15, 0.2) is 0 Å². The number of amides is 2. The molecule has 0 spiro atoms. The third-order valence-electron chi connectivity index (χ3n) is 3.85. The number of ether oxygens (including phenoxy) is 2. The maximum Gasteiger partial charge on any atom is 0.408 e. The number of hydrogen-bond acceptors (Lipinski definition) is 5. The second-order valence-electron chi connectivity index (χ2n) is 7.11. The van der Waals surface area contributed by atoms with Crippen LogP contribution in [0, 0.1) is 11.8 Å². The van der Waals surface area contributed by atoms with Gasteiger partial charge < -0.3 is 19.7 Å². The number of esters is 1. The summed E-state index contributed by atoms with van der Waals surface area (Å²) in [4.78, 5) is 37.5. The minimum absolute atomic E-state index is 0.0629. The Kier molecular flexibility index (Phi) is 6.41. The molecule has 1 aliphatic heterocycles. The summed E-state index contributed by atoms with van der Waals surface area (Å²) in [5, 5.41) is 2.43. The quantitative estimate of drug-likeness (QED) is 0.792. The molecule has 0 bridgehead atoms. The van der Waals surface area contributed by atoms with Crippen LogP contribution >= 0.6 is 0 Å². The molecule has 7 nitrogen and oxygen atoms in total. The zero-order valence-electron chi connectivity index (χ0n) is 14.8. The summed E-state index contributed by atoms with van der Waals surface area (Å²) in [5.41, 5.74) is -0.627. The lowest BCUT2D eigenvalue weighted by Crippen LogP contribution is -2.48. The number of nitrogens with one attached hydrogen (secondary N) is 1. The molecule has 0 aliphatic carbocycles. The first-order valence-corrected chi connectivity index (χ1v) is 7.91. The SMILES string of the molecule is COC(=O)C1C(C(C)C)CCN1C(=O)CNC(=O)OC(C)(C)C. The Bertz CT molecular complexity index is 456. The molecule has 2 unspecified atom stereocenters. The van der Waals surface area contributed by atoms with Crippen LogP contribution in [-0.2, 0) is 19.1 Å². The molecule has 2 amide bonds. The lowest BCUT2D eigenvalue weighted by atomic mass is 9.88. The van der Waals surface area contributed by atoms with Crippen LogP contribution in [0.5, 0.6) is 0 Å². The van der Waals surface area contributed by atoms with Crippen molar-refractivity contribution >= 4 is 18.0 Å². The van der Waals surface area contributed by atoms with Crippen molar-refractivity contribution in [3.8, 4) is 0 Å². The molecule has 132 valence electrons. The molecule has 2 atom stereocenters. The van der Waals surface area contributed by atoms with E-state index in [1.54, 1.807) is 20.8 Å². The van der Waals surface area contributed by atoms with E-state index in [9.17, 15) is 14.4 Å². The van der Waals surface area contributed by atoms with Gasteiger partial charge in [0.2, 0.25) is 5.91 Å². The van der Waals surface area contributed by atoms with E-state index < -0.39 is 23.7 Å². The van der Waals surface area contributed by atoms with Crippen molar-refractivity contribution in [2.24, 2.45) is 11.8 Å². The number of rotatable bonds is 4. The van der Waals surface area contributed by atoms with Crippen LogP contribution < -0.4 is 5.32 Å². The van der Waals surface area contributed by atoms with Crippen molar-refractivity contribution in [3.63, 3.8) is 0 Å². The van der Waals surface area contributed by atoms with Crippen molar-refractivity contribution in [2.75, 3.05) is 20.2 Å². The Labute approximate surface area is 137 Å². The summed E-state index contributed by atoms with van der Waals surface area (Å²) in [5.74, 6) is -0.398. The van der Waals surface area contributed by atoms with Crippen molar-refractivity contribution < 1.29 is 23.9 Å². The molecule has 1 rings (SSSR count). The van der Waals surface area contributed by atoms with E-state index in [0.717, 1.165) is 6.42 Å². The smallest absolute Gasteiger partial charge is 0.408 e. The van der Waals surface area contributed by atoms with E-state index >= 15 is 0 Å². The lowest BCUT2D eigenvalue weighted by Gasteiger charge is -2.28. The summed E-state index contributed by atoms with van der Waals surface area (Å²) < 4.78 is 9.93. The van der Waals surface area contributed by atoms with Gasteiger partial charge in [0.15, 0.2) is 0 Å². The molecular formula is C16H28N2O5. The van der Waals surface area contributed by atoms with E-state index in [2.05, 4.69) is 5.32 Å². The minimum atomic E-state index is -0.653. The summed E-state index contributed by atoms with van der Waals surface area (Å²) >= 11 is 0. The predicted molar refractivity (Wildman–Crippen MR) is 84.7 cm³/mol. The van der Waals surface area contributed by atoms with Crippen LogP contribution in [0.2, 0.25) is 0 Å². The van der Waals surface area contributed by atoms with E-state index in [0.29, 0.717) is 6.54 Å². The summed E-state index contributed by atoms with van der Waals surface area (Å²) in [6.45, 7) is 9.56. The normalized spacial score (nSPS) is 21.3. The number of methoxy groups -OCH3 is 1. The van der Waals surface area contributed by atoms with Crippen molar-refractivity contribution in [2.45, 2.75) is 52.7 Å². The van der Waals surface area contributed by atoms with Crippen LogP contribution in [-0.4, -0.2) is 54.7 Å². The monoisotopic (exact) mass is 328 g/mol. The van der Waals surface area contributed by atoms with Gasteiger partial charge in [-0.1, -0.05) is 13.8 Å². The second kappa shape index (κ2) is 7.66. The van der Waals surface area contributed by atoms with E-state index in [4.69, 9.17) is 9.47 Å². The van der Waals surface area contributed by atoms with Crippen LogP contribution in [0.3, 0.4) is 0 Å². The van der Waals surface area contributed by atoms with Crippen molar-refractivity contribution in [1.82, 2.24) is 10.2 Å². The standard InChI is InChI=1S/C16H28N2O5/c1-10(2)11-7-8-18(13(11)14(20)22-6)12(19)9-17-15(21)23-16(3,4)5/h10-11,13H,7-9H2,1-6H3,(H,17,21). The highest BCUT2D eigenvalue weighted by Gasteiger charge is 2.43. The molecule has 1 N–H and O–H groups in total. The largest absolute Gasteiger partial charge is 0.467 e. The highest BCUT2D eigenvalue weighted by Crippen LogP contribution is 2.31. The minimum Gasteiger partial charge on any atom is -0.467 e. The molecule has 0 aromatic rings. The Hall–Kier alpha value is -1.79. The molecular weight excluding hydrogens is 300 g/mol. The fourth-order valence-corrected chi connectivity index (χ4v) is 2.78. The van der Waals surface area contributed by atoms with E-state index in [1.807, 2.05) is 13.8 Å². The van der Waals surface area contributed by atoms with Gasteiger partial charge in [0.1, 0.15) is 18.2 Å². The van der Waals surface area contributed by atoms with Crippen LogP contribution in [0.1, 0.15) is 41.0 Å². The Morgan fingerprint density at radius 2 is 1.87 bits per heavy atom. The number of likely N-dealkylation sites (tertiary alicyclic amines) is 1. The topological polar surface area (TPSA) is 84.9 Å². The molecule has 23 heavy (non-hydrogen) atoms. The average molecular weight is 328 g/mol. The van der Waals surface area contributed by atoms with Gasteiger partial charge in [0, 0.05) is 6.54 Å². The van der Waals surface area contributed by atoms with Gasteiger partial charge in [-0.05, 0) is 39.0 Å². The zero-order valence-corrected chi connectivity index (χ0v) is 14.8. The number of carbonyl (C=O) groups excluding carboxylic acids is 3. The van der Waals surface area contributed by atoms with Gasteiger partial charge in [-0.2, -0.15) is 0 Å². The number of alkyl carbamates (subject to hydrolysis) is 1. The van der Waals surface area contributed by atoms with E-state index in [1.165, 1.54) is 12.0 Å².